The van der Waals surface area contributed by atoms with Crippen LogP contribution in [0.4, 0.5) is 0 Å². The summed E-state index contributed by atoms with van der Waals surface area (Å²) in [6, 6.07) is 0. The van der Waals surface area contributed by atoms with Crippen molar-refractivity contribution in [2.24, 2.45) is 11.1 Å². The third-order valence-electron chi connectivity index (χ3n) is 1.73. The largest absolute Gasteiger partial charge is 0.303 e. The second-order valence-corrected chi connectivity index (χ2v) is 2.46. The van der Waals surface area contributed by atoms with Gasteiger partial charge in [0, 0.05) is 11.5 Å². The SMILES string of the molecule is O=CC1=CC(N=O)=CCC1C=O. The Morgan fingerprint density at radius 2 is 2.25 bits per heavy atom. The highest BCUT2D eigenvalue weighted by Crippen LogP contribution is 2.21. The fourth-order valence-corrected chi connectivity index (χ4v) is 1.04. The average Bonchev–Trinajstić information content (AvgIpc) is 2.16. The van der Waals surface area contributed by atoms with Crippen LogP contribution < -0.4 is 0 Å². The topological polar surface area (TPSA) is 63.6 Å². The summed E-state index contributed by atoms with van der Waals surface area (Å²) in [6.07, 6.45) is 4.53. The molecule has 0 saturated carbocycles. The first-order chi connectivity index (χ1) is 5.81. The molecular formula is C8H7NO3. The van der Waals surface area contributed by atoms with Crippen LogP contribution in [-0.4, -0.2) is 12.6 Å². The maximum atomic E-state index is 10.4. The quantitative estimate of drug-likeness (QED) is 0.462. The molecule has 1 unspecified atom stereocenters. The minimum atomic E-state index is -0.409. The Balaban J connectivity index is 2.92. The minimum Gasteiger partial charge on any atom is -0.303 e. The van der Waals surface area contributed by atoms with E-state index in [1.165, 1.54) is 6.08 Å². The Hall–Kier alpha value is -1.58. The van der Waals surface area contributed by atoms with Crippen LogP contribution >= 0.6 is 0 Å². The van der Waals surface area contributed by atoms with Crippen LogP contribution in [0.3, 0.4) is 0 Å². The highest BCUT2D eigenvalue weighted by atomic mass is 16.3. The Morgan fingerprint density at radius 3 is 2.75 bits per heavy atom. The van der Waals surface area contributed by atoms with Crippen molar-refractivity contribution >= 4 is 12.6 Å². The van der Waals surface area contributed by atoms with Crippen LogP contribution in [-0.2, 0) is 9.59 Å². The molecule has 1 rings (SSSR count). The smallest absolute Gasteiger partial charge is 0.146 e. The minimum absolute atomic E-state index is 0.218. The molecule has 4 heteroatoms. The normalized spacial score (nSPS) is 22.2. The summed E-state index contributed by atoms with van der Waals surface area (Å²) in [4.78, 5) is 30.8. The van der Waals surface area contributed by atoms with E-state index in [9.17, 15) is 14.5 Å². The standard InChI is InChI=1S/C8H7NO3/c10-4-6-1-2-8(9-12)3-7(6)5-11/h2-6H,1H2. The second-order valence-electron chi connectivity index (χ2n) is 2.46. The monoisotopic (exact) mass is 165 g/mol. The van der Waals surface area contributed by atoms with Crippen molar-refractivity contribution in [1.29, 1.82) is 0 Å². The van der Waals surface area contributed by atoms with E-state index in [0.717, 1.165) is 0 Å². The molecule has 0 N–H and O–H groups in total. The second kappa shape index (κ2) is 3.71. The molecule has 0 radical (unpaired) electrons. The summed E-state index contributed by atoms with van der Waals surface area (Å²) in [7, 11) is 0. The lowest BCUT2D eigenvalue weighted by molar-refractivity contribution is -0.112. The maximum Gasteiger partial charge on any atom is 0.146 e. The van der Waals surface area contributed by atoms with Crippen molar-refractivity contribution in [2.75, 3.05) is 0 Å². The molecule has 0 spiro atoms. The Morgan fingerprint density at radius 1 is 1.50 bits per heavy atom. The van der Waals surface area contributed by atoms with Crippen molar-refractivity contribution in [2.45, 2.75) is 6.42 Å². The van der Waals surface area contributed by atoms with E-state index in [0.29, 0.717) is 24.6 Å². The van der Waals surface area contributed by atoms with Crippen LogP contribution in [0.25, 0.3) is 0 Å². The van der Waals surface area contributed by atoms with Gasteiger partial charge in [0.15, 0.2) is 0 Å². The molecule has 62 valence electrons. The van der Waals surface area contributed by atoms with Gasteiger partial charge in [-0.3, -0.25) is 4.79 Å². The van der Waals surface area contributed by atoms with Crippen molar-refractivity contribution in [3.05, 3.63) is 28.3 Å². The van der Waals surface area contributed by atoms with Gasteiger partial charge in [-0.15, -0.1) is 4.91 Å². The van der Waals surface area contributed by atoms with Crippen LogP contribution in [0.2, 0.25) is 0 Å². The Labute approximate surface area is 68.9 Å². The van der Waals surface area contributed by atoms with E-state index in [4.69, 9.17) is 0 Å². The average molecular weight is 165 g/mol. The first kappa shape index (κ1) is 8.52. The molecule has 1 atom stereocenters. The lowest BCUT2D eigenvalue weighted by Gasteiger charge is -2.10. The van der Waals surface area contributed by atoms with Crippen LogP contribution in [0, 0.1) is 10.8 Å². The molecular weight excluding hydrogens is 158 g/mol. The third kappa shape index (κ3) is 1.53. The summed E-state index contributed by atoms with van der Waals surface area (Å²) < 4.78 is 0. The highest BCUT2D eigenvalue weighted by Gasteiger charge is 2.16. The molecule has 0 aromatic carbocycles. The van der Waals surface area contributed by atoms with Gasteiger partial charge < -0.3 is 4.79 Å². The van der Waals surface area contributed by atoms with Gasteiger partial charge in [-0.05, 0) is 17.7 Å². The van der Waals surface area contributed by atoms with E-state index >= 15 is 0 Å². The Kier molecular flexibility index (Phi) is 2.63. The first-order valence-corrected chi connectivity index (χ1v) is 3.47. The lowest BCUT2D eigenvalue weighted by atomic mass is 9.93. The van der Waals surface area contributed by atoms with E-state index in [1.54, 1.807) is 6.08 Å². The third-order valence-corrected chi connectivity index (χ3v) is 1.73. The number of hydrogen-bond donors (Lipinski definition) is 0. The molecule has 0 aliphatic heterocycles. The Bertz CT molecular complexity index is 278. The van der Waals surface area contributed by atoms with Crippen molar-refractivity contribution < 1.29 is 9.59 Å². The molecule has 12 heavy (non-hydrogen) atoms. The van der Waals surface area contributed by atoms with E-state index < -0.39 is 5.92 Å². The molecule has 4 nitrogen and oxygen atoms in total. The fraction of sp³-hybridized carbons (Fsp3) is 0.250. The molecule has 0 fully saturated rings. The predicted molar refractivity (Wildman–Crippen MR) is 42.2 cm³/mol. The van der Waals surface area contributed by atoms with Gasteiger partial charge in [0.2, 0.25) is 0 Å². The predicted octanol–water partition coefficient (Wildman–Crippen LogP) is 0.981. The summed E-state index contributed by atoms with van der Waals surface area (Å²) in [5.41, 5.74) is 0.539. The zero-order chi connectivity index (χ0) is 8.97. The molecule has 1 aliphatic rings. The van der Waals surface area contributed by atoms with Gasteiger partial charge in [0.25, 0.3) is 0 Å². The zero-order valence-electron chi connectivity index (χ0n) is 6.27. The van der Waals surface area contributed by atoms with Crippen LogP contribution in [0.15, 0.2) is 28.6 Å². The lowest BCUT2D eigenvalue weighted by Crippen LogP contribution is -2.09. The van der Waals surface area contributed by atoms with Crippen molar-refractivity contribution in [3.63, 3.8) is 0 Å². The first-order valence-electron chi connectivity index (χ1n) is 3.47. The maximum absolute atomic E-state index is 10.4. The van der Waals surface area contributed by atoms with Crippen molar-refractivity contribution in [3.8, 4) is 0 Å². The summed E-state index contributed by atoms with van der Waals surface area (Å²) in [6.45, 7) is 0. The summed E-state index contributed by atoms with van der Waals surface area (Å²) >= 11 is 0. The molecule has 0 heterocycles. The number of aldehydes is 2. The van der Waals surface area contributed by atoms with Gasteiger partial charge in [0.05, 0.1) is 0 Å². The van der Waals surface area contributed by atoms with E-state index in [2.05, 4.69) is 5.18 Å². The number of carbonyl (C=O) groups excluding carboxylic acids is 2. The van der Waals surface area contributed by atoms with E-state index in [1.807, 2.05) is 0 Å². The summed E-state index contributed by atoms with van der Waals surface area (Å²) in [5.74, 6) is -0.409. The van der Waals surface area contributed by atoms with Crippen molar-refractivity contribution in [1.82, 2.24) is 0 Å². The fourth-order valence-electron chi connectivity index (χ4n) is 1.04. The number of carbonyl (C=O) groups is 2. The van der Waals surface area contributed by atoms with Gasteiger partial charge >= 0.3 is 0 Å². The van der Waals surface area contributed by atoms with Gasteiger partial charge in [0.1, 0.15) is 18.3 Å². The van der Waals surface area contributed by atoms with Crippen LogP contribution in [0.1, 0.15) is 6.42 Å². The number of rotatable bonds is 3. The van der Waals surface area contributed by atoms with Crippen LogP contribution in [0.5, 0.6) is 0 Å². The van der Waals surface area contributed by atoms with Gasteiger partial charge in [-0.1, -0.05) is 6.08 Å². The molecule has 0 bridgehead atoms. The molecule has 0 amide bonds. The highest BCUT2D eigenvalue weighted by molar-refractivity contribution is 5.82. The number of allylic oxidation sites excluding steroid dienone is 3. The van der Waals surface area contributed by atoms with E-state index in [-0.39, 0.29) is 5.70 Å². The zero-order valence-corrected chi connectivity index (χ0v) is 6.27. The van der Waals surface area contributed by atoms with Gasteiger partial charge in [-0.2, -0.15) is 0 Å². The number of nitrogens with zero attached hydrogens (tertiary/aromatic N) is 1. The van der Waals surface area contributed by atoms with Gasteiger partial charge in [-0.25, -0.2) is 0 Å². The summed E-state index contributed by atoms with van der Waals surface area (Å²) in [5, 5.41) is 2.67. The molecule has 0 aromatic heterocycles. The molecule has 0 aromatic rings. The molecule has 1 aliphatic carbocycles. The molecule has 0 saturated heterocycles. The number of nitroso groups, excluding NO2 is 1. The number of hydrogen-bond acceptors (Lipinski definition) is 4.